The Hall–Kier alpha value is -2.14. The van der Waals surface area contributed by atoms with E-state index in [4.69, 9.17) is 9.52 Å². The van der Waals surface area contributed by atoms with Gasteiger partial charge in [0.05, 0.1) is 12.2 Å². The third-order valence-electron chi connectivity index (χ3n) is 3.02. The molecule has 0 aliphatic heterocycles. The first-order valence-corrected chi connectivity index (χ1v) is 6.48. The lowest BCUT2D eigenvalue weighted by atomic mass is 10.2. The summed E-state index contributed by atoms with van der Waals surface area (Å²) in [6.45, 7) is 4.18. The number of hydrogen-bond acceptors (Lipinski definition) is 4. The van der Waals surface area contributed by atoms with Crippen LogP contribution in [0.25, 0.3) is 0 Å². The molecule has 5 heteroatoms. The van der Waals surface area contributed by atoms with Crippen LogP contribution < -0.4 is 0 Å². The monoisotopic (exact) mass is 274 g/mol. The van der Waals surface area contributed by atoms with E-state index in [1.807, 2.05) is 12.1 Å². The molecule has 0 spiro atoms. The van der Waals surface area contributed by atoms with Crippen LogP contribution in [0.15, 0.2) is 35.0 Å². The molecule has 0 saturated carbocycles. The molecule has 5 nitrogen and oxygen atoms in total. The maximum absolute atomic E-state index is 12.5. The molecule has 0 aliphatic rings. The van der Waals surface area contributed by atoms with E-state index in [1.54, 1.807) is 37.2 Å². The van der Waals surface area contributed by atoms with Crippen molar-refractivity contribution in [1.29, 1.82) is 0 Å². The van der Waals surface area contributed by atoms with Gasteiger partial charge in [-0.1, -0.05) is 6.07 Å². The van der Waals surface area contributed by atoms with Crippen LogP contribution in [-0.4, -0.2) is 34.0 Å². The van der Waals surface area contributed by atoms with Crippen molar-refractivity contribution in [2.45, 2.75) is 20.4 Å². The number of hydrogen-bond donors (Lipinski definition) is 1. The fourth-order valence-corrected chi connectivity index (χ4v) is 2.10. The fraction of sp³-hybridized carbons (Fsp3) is 0.333. The number of aliphatic hydroxyl groups is 1. The highest BCUT2D eigenvalue weighted by molar-refractivity contribution is 5.95. The van der Waals surface area contributed by atoms with Crippen LogP contribution in [0.3, 0.4) is 0 Å². The van der Waals surface area contributed by atoms with Gasteiger partial charge < -0.3 is 14.4 Å². The third-order valence-corrected chi connectivity index (χ3v) is 3.02. The first kappa shape index (κ1) is 14.3. The topological polar surface area (TPSA) is 66.6 Å². The Morgan fingerprint density at radius 2 is 2.25 bits per heavy atom. The minimum Gasteiger partial charge on any atom is -0.466 e. The number of aryl methyl sites for hydroxylation is 2. The summed E-state index contributed by atoms with van der Waals surface area (Å²) < 4.78 is 5.39. The van der Waals surface area contributed by atoms with E-state index < -0.39 is 0 Å². The van der Waals surface area contributed by atoms with Crippen molar-refractivity contribution in [1.82, 2.24) is 9.88 Å². The lowest BCUT2D eigenvalue weighted by Crippen LogP contribution is -2.33. The molecule has 0 radical (unpaired) electrons. The average Bonchev–Trinajstić information content (AvgIpc) is 2.77. The van der Waals surface area contributed by atoms with E-state index >= 15 is 0 Å². The van der Waals surface area contributed by atoms with E-state index in [9.17, 15) is 4.79 Å². The van der Waals surface area contributed by atoms with E-state index in [2.05, 4.69) is 4.98 Å². The maximum Gasteiger partial charge on any atom is 0.257 e. The summed E-state index contributed by atoms with van der Waals surface area (Å²) in [4.78, 5) is 18.1. The lowest BCUT2D eigenvalue weighted by Gasteiger charge is -2.21. The van der Waals surface area contributed by atoms with Crippen molar-refractivity contribution in [2.24, 2.45) is 0 Å². The van der Waals surface area contributed by atoms with Crippen LogP contribution >= 0.6 is 0 Å². The summed E-state index contributed by atoms with van der Waals surface area (Å²) in [7, 11) is 0. The number of carbonyl (C=O) groups excluding carboxylic acids is 1. The molecule has 2 aromatic rings. The Balaban J connectivity index is 2.20. The second-order valence-corrected chi connectivity index (χ2v) is 4.64. The number of carbonyl (C=O) groups is 1. The molecular weight excluding hydrogens is 256 g/mol. The standard InChI is InChI=1S/C15H18N2O3/c1-11-8-14(12(2)20-11)15(19)17(6-7-18)10-13-4-3-5-16-9-13/h3-5,8-9,18H,6-7,10H2,1-2H3. The van der Waals surface area contributed by atoms with Gasteiger partial charge >= 0.3 is 0 Å². The van der Waals surface area contributed by atoms with Gasteiger partial charge in [-0.2, -0.15) is 0 Å². The smallest absolute Gasteiger partial charge is 0.257 e. The Morgan fingerprint density at radius 3 is 2.80 bits per heavy atom. The van der Waals surface area contributed by atoms with Crippen molar-refractivity contribution in [3.63, 3.8) is 0 Å². The van der Waals surface area contributed by atoms with Gasteiger partial charge in [-0.25, -0.2) is 0 Å². The van der Waals surface area contributed by atoms with Gasteiger partial charge in [0.2, 0.25) is 0 Å². The zero-order valence-corrected chi connectivity index (χ0v) is 11.7. The lowest BCUT2D eigenvalue weighted by molar-refractivity contribution is 0.0706. The van der Waals surface area contributed by atoms with Gasteiger partial charge in [-0.15, -0.1) is 0 Å². The minimum atomic E-state index is -0.141. The Labute approximate surface area is 117 Å². The highest BCUT2D eigenvalue weighted by Gasteiger charge is 2.20. The molecule has 0 unspecified atom stereocenters. The second-order valence-electron chi connectivity index (χ2n) is 4.64. The van der Waals surface area contributed by atoms with Crippen molar-refractivity contribution in [3.05, 3.63) is 53.2 Å². The normalized spacial score (nSPS) is 10.6. The van der Waals surface area contributed by atoms with Crippen molar-refractivity contribution in [2.75, 3.05) is 13.2 Å². The SMILES string of the molecule is Cc1cc(C(=O)N(CCO)Cc2cccnc2)c(C)o1. The molecule has 2 aromatic heterocycles. The predicted octanol–water partition coefficient (Wildman–Crippen LogP) is 1.93. The van der Waals surface area contributed by atoms with Crippen LogP contribution in [0.2, 0.25) is 0 Å². The van der Waals surface area contributed by atoms with Gasteiger partial charge in [0, 0.05) is 25.5 Å². The minimum absolute atomic E-state index is 0.0815. The number of amides is 1. The van der Waals surface area contributed by atoms with Gasteiger partial charge in [0.25, 0.3) is 5.91 Å². The summed E-state index contributed by atoms with van der Waals surface area (Å²) in [5.41, 5.74) is 1.46. The highest BCUT2D eigenvalue weighted by Crippen LogP contribution is 2.17. The molecule has 20 heavy (non-hydrogen) atoms. The van der Waals surface area contributed by atoms with Gasteiger partial charge in [0.15, 0.2) is 0 Å². The molecule has 1 N–H and O–H groups in total. The quantitative estimate of drug-likeness (QED) is 0.904. The van der Waals surface area contributed by atoms with E-state index in [0.29, 0.717) is 23.6 Å². The summed E-state index contributed by atoms with van der Waals surface area (Å²) >= 11 is 0. The molecule has 106 valence electrons. The zero-order chi connectivity index (χ0) is 14.5. The molecule has 0 aromatic carbocycles. The number of aromatic nitrogens is 1. The molecule has 1 amide bonds. The first-order chi connectivity index (χ1) is 9.61. The van der Waals surface area contributed by atoms with Crippen molar-refractivity contribution in [3.8, 4) is 0 Å². The third kappa shape index (κ3) is 3.24. The summed E-state index contributed by atoms with van der Waals surface area (Å²) in [6, 6.07) is 5.45. The van der Waals surface area contributed by atoms with Crippen LogP contribution in [0.4, 0.5) is 0 Å². The van der Waals surface area contributed by atoms with Crippen LogP contribution in [0, 0.1) is 13.8 Å². The Morgan fingerprint density at radius 1 is 1.45 bits per heavy atom. The molecule has 0 aliphatic carbocycles. The number of furan rings is 1. The van der Waals surface area contributed by atoms with E-state index in [0.717, 1.165) is 5.56 Å². The second kappa shape index (κ2) is 6.34. The van der Waals surface area contributed by atoms with E-state index in [-0.39, 0.29) is 19.1 Å². The van der Waals surface area contributed by atoms with Crippen LogP contribution in [-0.2, 0) is 6.54 Å². The summed E-state index contributed by atoms with van der Waals surface area (Å²) in [6.07, 6.45) is 3.40. The van der Waals surface area contributed by atoms with Gasteiger partial charge in [-0.05, 0) is 31.5 Å². The van der Waals surface area contributed by atoms with Gasteiger partial charge in [0.1, 0.15) is 11.5 Å². The molecule has 2 rings (SSSR count). The zero-order valence-electron chi connectivity index (χ0n) is 11.7. The molecule has 0 fully saturated rings. The Bertz CT molecular complexity index is 578. The number of rotatable bonds is 5. The predicted molar refractivity (Wildman–Crippen MR) is 74.2 cm³/mol. The fourth-order valence-electron chi connectivity index (χ4n) is 2.10. The maximum atomic E-state index is 12.5. The van der Waals surface area contributed by atoms with Crippen LogP contribution in [0.5, 0.6) is 0 Å². The number of aliphatic hydroxyl groups excluding tert-OH is 1. The van der Waals surface area contributed by atoms with Gasteiger partial charge in [-0.3, -0.25) is 9.78 Å². The molecule has 0 bridgehead atoms. The first-order valence-electron chi connectivity index (χ1n) is 6.48. The number of nitrogens with zero attached hydrogens (tertiary/aromatic N) is 2. The van der Waals surface area contributed by atoms with Crippen molar-refractivity contribution >= 4 is 5.91 Å². The molecule has 0 atom stereocenters. The largest absolute Gasteiger partial charge is 0.466 e. The van der Waals surface area contributed by atoms with Crippen molar-refractivity contribution < 1.29 is 14.3 Å². The summed E-state index contributed by atoms with van der Waals surface area (Å²) in [5, 5.41) is 9.15. The molecule has 2 heterocycles. The molecular formula is C15H18N2O3. The number of pyridine rings is 1. The molecule has 0 saturated heterocycles. The average molecular weight is 274 g/mol. The highest BCUT2D eigenvalue weighted by atomic mass is 16.3. The summed E-state index contributed by atoms with van der Waals surface area (Å²) in [5.74, 6) is 1.16. The Kier molecular flexibility index (Phi) is 4.53. The van der Waals surface area contributed by atoms with Crippen LogP contribution in [0.1, 0.15) is 27.4 Å². The van der Waals surface area contributed by atoms with E-state index in [1.165, 1.54) is 0 Å².